The third kappa shape index (κ3) is 3.32. The molecule has 1 aromatic carbocycles. The number of aromatic amines is 1. The van der Waals surface area contributed by atoms with Crippen LogP contribution in [0.1, 0.15) is 18.2 Å². The van der Waals surface area contributed by atoms with Crippen molar-refractivity contribution in [2.24, 2.45) is 0 Å². The SMILES string of the molecule is CCN(Cc1ccccc1)Cc1cc(N)n[nH]1. The molecule has 4 nitrogen and oxygen atoms in total. The Bertz CT molecular complexity index is 449. The van der Waals surface area contributed by atoms with Gasteiger partial charge in [0, 0.05) is 19.2 Å². The van der Waals surface area contributed by atoms with Crippen molar-refractivity contribution in [3.8, 4) is 0 Å². The number of nitrogens with one attached hydrogen (secondary N) is 1. The maximum Gasteiger partial charge on any atom is 0.145 e. The van der Waals surface area contributed by atoms with Crippen LogP contribution in [-0.2, 0) is 13.1 Å². The topological polar surface area (TPSA) is 57.9 Å². The van der Waals surface area contributed by atoms with Gasteiger partial charge in [0.2, 0.25) is 0 Å². The molecule has 4 heteroatoms. The average molecular weight is 230 g/mol. The normalized spacial score (nSPS) is 10.9. The molecule has 0 bridgehead atoms. The molecule has 3 N–H and O–H groups in total. The fraction of sp³-hybridized carbons (Fsp3) is 0.308. The number of nitrogens with two attached hydrogens (primary N) is 1. The van der Waals surface area contributed by atoms with E-state index in [1.54, 1.807) is 0 Å². The number of anilines is 1. The zero-order valence-corrected chi connectivity index (χ0v) is 10.1. The number of aromatic nitrogens is 2. The molecule has 17 heavy (non-hydrogen) atoms. The first-order valence-electron chi connectivity index (χ1n) is 5.84. The van der Waals surface area contributed by atoms with Gasteiger partial charge in [-0.05, 0) is 12.1 Å². The summed E-state index contributed by atoms with van der Waals surface area (Å²) >= 11 is 0. The first-order valence-corrected chi connectivity index (χ1v) is 5.84. The van der Waals surface area contributed by atoms with E-state index in [1.807, 2.05) is 12.1 Å². The average Bonchev–Trinajstić information content (AvgIpc) is 2.75. The maximum atomic E-state index is 5.59. The standard InChI is InChI=1S/C13H18N4/c1-2-17(9-11-6-4-3-5-7-11)10-12-8-13(14)16-15-12/h3-8H,2,9-10H2,1H3,(H3,14,15,16). The second kappa shape index (κ2) is 5.50. The van der Waals surface area contributed by atoms with Crippen molar-refractivity contribution >= 4 is 5.82 Å². The first kappa shape index (κ1) is 11.7. The zero-order chi connectivity index (χ0) is 12.1. The van der Waals surface area contributed by atoms with E-state index in [4.69, 9.17) is 5.73 Å². The van der Waals surface area contributed by atoms with Crippen molar-refractivity contribution in [1.82, 2.24) is 15.1 Å². The number of benzene rings is 1. The summed E-state index contributed by atoms with van der Waals surface area (Å²) < 4.78 is 0. The molecule has 0 amide bonds. The van der Waals surface area contributed by atoms with Gasteiger partial charge in [-0.3, -0.25) is 10.00 Å². The number of nitrogen functional groups attached to an aromatic ring is 1. The largest absolute Gasteiger partial charge is 0.382 e. The number of hydrogen-bond acceptors (Lipinski definition) is 3. The fourth-order valence-corrected chi connectivity index (χ4v) is 1.82. The quantitative estimate of drug-likeness (QED) is 0.826. The molecule has 1 aromatic heterocycles. The monoisotopic (exact) mass is 230 g/mol. The Balaban J connectivity index is 1.98. The predicted octanol–water partition coefficient (Wildman–Crippen LogP) is 2.01. The van der Waals surface area contributed by atoms with Gasteiger partial charge in [-0.25, -0.2) is 0 Å². The van der Waals surface area contributed by atoms with Gasteiger partial charge < -0.3 is 5.73 Å². The summed E-state index contributed by atoms with van der Waals surface area (Å²) in [5.41, 5.74) is 7.96. The van der Waals surface area contributed by atoms with Crippen LogP contribution in [0.5, 0.6) is 0 Å². The lowest BCUT2D eigenvalue weighted by Crippen LogP contribution is -2.22. The van der Waals surface area contributed by atoms with Crippen molar-refractivity contribution in [3.05, 3.63) is 47.7 Å². The van der Waals surface area contributed by atoms with E-state index >= 15 is 0 Å². The van der Waals surface area contributed by atoms with Crippen LogP contribution in [0.4, 0.5) is 5.82 Å². The minimum atomic E-state index is 0.552. The van der Waals surface area contributed by atoms with Crippen molar-refractivity contribution in [2.45, 2.75) is 20.0 Å². The summed E-state index contributed by atoms with van der Waals surface area (Å²) in [5.74, 6) is 0.552. The Hall–Kier alpha value is -1.81. The van der Waals surface area contributed by atoms with Gasteiger partial charge in [0.1, 0.15) is 5.82 Å². The van der Waals surface area contributed by atoms with E-state index in [0.717, 1.165) is 25.3 Å². The highest BCUT2D eigenvalue weighted by molar-refractivity contribution is 5.28. The molecule has 0 radical (unpaired) electrons. The first-order chi connectivity index (χ1) is 8.28. The molecule has 90 valence electrons. The Morgan fingerprint density at radius 3 is 2.59 bits per heavy atom. The molecule has 0 atom stereocenters. The summed E-state index contributed by atoms with van der Waals surface area (Å²) in [5, 5.41) is 6.88. The minimum Gasteiger partial charge on any atom is -0.382 e. The minimum absolute atomic E-state index is 0.552. The molecule has 2 aromatic rings. The van der Waals surface area contributed by atoms with E-state index in [0.29, 0.717) is 5.82 Å². The van der Waals surface area contributed by atoms with Gasteiger partial charge in [0.05, 0.1) is 5.69 Å². The van der Waals surface area contributed by atoms with Crippen LogP contribution in [0.25, 0.3) is 0 Å². The third-order valence-corrected chi connectivity index (χ3v) is 2.74. The van der Waals surface area contributed by atoms with Gasteiger partial charge >= 0.3 is 0 Å². The van der Waals surface area contributed by atoms with Gasteiger partial charge in [-0.2, -0.15) is 5.10 Å². The van der Waals surface area contributed by atoms with E-state index in [2.05, 4.69) is 46.3 Å². The molecule has 0 aliphatic carbocycles. The Labute approximate surface area is 101 Å². The summed E-state index contributed by atoms with van der Waals surface area (Å²) in [4.78, 5) is 2.34. The molecule has 2 rings (SSSR count). The summed E-state index contributed by atoms with van der Waals surface area (Å²) in [6.45, 7) is 4.93. The van der Waals surface area contributed by atoms with E-state index < -0.39 is 0 Å². The third-order valence-electron chi connectivity index (χ3n) is 2.74. The summed E-state index contributed by atoms with van der Waals surface area (Å²) in [6, 6.07) is 12.3. The van der Waals surface area contributed by atoms with Crippen LogP contribution in [0.2, 0.25) is 0 Å². The molecule has 0 saturated carbocycles. The predicted molar refractivity (Wildman–Crippen MR) is 69.2 cm³/mol. The lowest BCUT2D eigenvalue weighted by Gasteiger charge is -2.19. The molecular weight excluding hydrogens is 212 g/mol. The van der Waals surface area contributed by atoms with Crippen LogP contribution in [0, 0.1) is 0 Å². The molecule has 0 saturated heterocycles. The summed E-state index contributed by atoms with van der Waals surface area (Å²) in [6.07, 6.45) is 0. The lowest BCUT2D eigenvalue weighted by molar-refractivity contribution is 0.268. The zero-order valence-electron chi connectivity index (χ0n) is 10.1. The Morgan fingerprint density at radius 1 is 1.24 bits per heavy atom. The van der Waals surface area contributed by atoms with Crippen molar-refractivity contribution in [1.29, 1.82) is 0 Å². The number of H-pyrrole nitrogens is 1. The number of rotatable bonds is 5. The van der Waals surface area contributed by atoms with E-state index in [-0.39, 0.29) is 0 Å². The molecule has 0 aliphatic rings. The van der Waals surface area contributed by atoms with Gasteiger partial charge in [0.25, 0.3) is 0 Å². The van der Waals surface area contributed by atoms with E-state index in [9.17, 15) is 0 Å². The molecule has 1 heterocycles. The highest BCUT2D eigenvalue weighted by Crippen LogP contribution is 2.09. The van der Waals surface area contributed by atoms with Gasteiger partial charge in [-0.15, -0.1) is 0 Å². The van der Waals surface area contributed by atoms with Crippen molar-refractivity contribution in [2.75, 3.05) is 12.3 Å². The highest BCUT2D eigenvalue weighted by Gasteiger charge is 2.06. The smallest absolute Gasteiger partial charge is 0.145 e. The van der Waals surface area contributed by atoms with Gasteiger partial charge in [0.15, 0.2) is 0 Å². The molecule has 0 fully saturated rings. The molecular formula is C13H18N4. The van der Waals surface area contributed by atoms with Gasteiger partial charge in [-0.1, -0.05) is 37.3 Å². The second-order valence-corrected chi connectivity index (χ2v) is 4.11. The van der Waals surface area contributed by atoms with Crippen LogP contribution < -0.4 is 5.73 Å². The second-order valence-electron chi connectivity index (χ2n) is 4.11. The number of hydrogen-bond donors (Lipinski definition) is 2. The van der Waals surface area contributed by atoms with Crippen LogP contribution in [0.3, 0.4) is 0 Å². The molecule has 0 spiro atoms. The van der Waals surface area contributed by atoms with Crippen LogP contribution >= 0.6 is 0 Å². The Morgan fingerprint density at radius 2 is 2.00 bits per heavy atom. The maximum absolute atomic E-state index is 5.59. The van der Waals surface area contributed by atoms with Crippen molar-refractivity contribution in [3.63, 3.8) is 0 Å². The lowest BCUT2D eigenvalue weighted by atomic mass is 10.2. The van der Waals surface area contributed by atoms with E-state index in [1.165, 1.54) is 5.56 Å². The van der Waals surface area contributed by atoms with Crippen LogP contribution in [0.15, 0.2) is 36.4 Å². The van der Waals surface area contributed by atoms with Crippen LogP contribution in [-0.4, -0.2) is 21.6 Å². The molecule has 0 aliphatic heterocycles. The summed E-state index contributed by atoms with van der Waals surface area (Å²) in [7, 11) is 0. The highest BCUT2D eigenvalue weighted by atomic mass is 15.2. The number of nitrogens with zero attached hydrogens (tertiary/aromatic N) is 2. The molecule has 0 unspecified atom stereocenters. The Kier molecular flexibility index (Phi) is 3.77. The fourth-order valence-electron chi connectivity index (χ4n) is 1.82. The van der Waals surface area contributed by atoms with Crippen molar-refractivity contribution < 1.29 is 0 Å².